The van der Waals surface area contributed by atoms with E-state index in [1.54, 1.807) is 0 Å². The standard InChI is InChI=1S/C14H20N2/c1-2-6-12(7-3-1)16-11-10-15-13-8-4-5-9-14(13)16/h1-3,6-7,13-15H,4-5,8-11H2. The molecule has 2 nitrogen and oxygen atoms in total. The Hall–Kier alpha value is -1.02. The van der Waals surface area contributed by atoms with E-state index in [1.807, 2.05) is 0 Å². The second-order valence-corrected chi connectivity index (χ2v) is 4.94. The maximum absolute atomic E-state index is 3.68. The largest absolute Gasteiger partial charge is 0.366 e. The van der Waals surface area contributed by atoms with Gasteiger partial charge in [-0.15, -0.1) is 0 Å². The first-order valence-corrected chi connectivity index (χ1v) is 6.50. The highest BCUT2D eigenvalue weighted by Gasteiger charge is 2.32. The molecule has 0 aromatic heterocycles. The van der Waals surface area contributed by atoms with Crippen LogP contribution in [0.15, 0.2) is 30.3 Å². The van der Waals surface area contributed by atoms with Gasteiger partial charge in [0.05, 0.1) is 0 Å². The van der Waals surface area contributed by atoms with Crippen LogP contribution in [0.2, 0.25) is 0 Å². The molecule has 2 aliphatic rings. The average molecular weight is 216 g/mol. The first-order chi connectivity index (χ1) is 7.95. The average Bonchev–Trinajstić information content (AvgIpc) is 2.39. The zero-order valence-electron chi connectivity index (χ0n) is 9.73. The van der Waals surface area contributed by atoms with Crippen LogP contribution >= 0.6 is 0 Å². The Labute approximate surface area is 97.6 Å². The molecule has 3 rings (SSSR count). The highest BCUT2D eigenvalue weighted by Crippen LogP contribution is 2.29. The van der Waals surface area contributed by atoms with Crippen molar-refractivity contribution in [1.82, 2.24) is 5.32 Å². The van der Waals surface area contributed by atoms with Gasteiger partial charge in [0.15, 0.2) is 0 Å². The minimum Gasteiger partial charge on any atom is -0.366 e. The molecule has 1 aliphatic carbocycles. The van der Waals surface area contributed by atoms with Gasteiger partial charge in [0.1, 0.15) is 0 Å². The van der Waals surface area contributed by atoms with Gasteiger partial charge in [-0.1, -0.05) is 31.0 Å². The van der Waals surface area contributed by atoms with Crippen molar-refractivity contribution in [3.63, 3.8) is 0 Å². The summed E-state index contributed by atoms with van der Waals surface area (Å²) in [5.41, 5.74) is 1.40. The van der Waals surface area contributed by atoms with Gasteiger partial charge in [0, 0.05) is 30.9 Å². The predicted molar refractivity (Wildman–Crippen MR) is 67.8 cm³/mol. The Morgan fingerprint density at radius 1 is 1.06 bits per heavy atom. The van der Waals surface area contributed by atoms with E-state index in [1.165, 1.54) is 31.4 Å². The van der Waals surface area contributed by atoms with Crippen molar-refractivity contribution >= 4 is 5.69 Å². The number of anilines is 1. The van der Waals surface area contributed by atoms with Crippen molar-refractivity contribution in [1.29, 1.82) is 0 Å². The molecular formula is C14H20N2. The lowest BCUT2D eigenvalue weighted by atomic mass is 9.87. The Kier molecular flexibility index (Phi) is 2.83. The predicted octanol–water partition coefficient (Wildman–Crippen LogP) is 2.41. The van der Waals surface area contributed by atoms with E-state index in [0.717, 1.165) is 25.2 Å². The van der Waals surface area contributed by atoms with Crippen molar-refractivity contribution in [3.8, 4) is 0 Å². The zero-order chi connectivity index (χ0) is 10.8. The van der Waals surface area contributed by atoms with E-state index in [0.29, 0.717) is 0 Å². The summed E-state index contributed by atoms with van der Waals surface area (Å²) >= 11 is 0. The maximum Gasteiger partial charge on any atom is 0.0443 e. The van der Waals surface area contributed by atoms with Crippen LogP contribution in [0.25, 0.3) is 0 Å². The van der Waals surface area contributed by atoms with Gasteiger partial charge < -0.3 is 10.2 Å². The SMILES string of the molecule is c1ccc(N2CCNC3CCCCC32)cc1. The highest BCUT2D eigenvalue weighted by atomic mass is 15.2. The molecule has 2 fully saturated rings. The number of piperazine rings is 1. The molecule has 1 saturated heterocycles. The van der Waals surface area contributed by atoms with Crippen molar-refractivity contribution < 1.29 is 0 Å². The van der Waals surface area contributed by atoms with Crippen LogP contribution in [0.1, 0.15) is 25.7 Å². The summed E-state index contributed by atoms with van der Waals surface area (Å²) in [5.74, 6) is 0. The van der Waals surface area contributed by atoms with E-state index in [9.17, 15) is 0 Å². The number of hydrogen-bond acceptors (Lipinski definition) is 2. The van der Waals surface area contributed by atoms with Crippen LogP contribution in [0.4, 0.5) is 5.69 Å². The molecule has 86 valence electrons. The zero-order valence-corrected chi connectivity index (χ0v) is 9.73. The van der Waals surface area contributed by atoms with Gasteiger partial charge >= 0.3 is 0 Å². The molecule has 1 aromatic carbocycles. The molecule has 0 amide bonds. The highest BCUT2D eigenvalue weighted by molar-refractivity contribution is 5.48. The van der Waals surface area contributed by atoms with Crippen LogP contribution in [0.3, 0.4) is 0 Å². The molecular weight excluding hydrogens is 196 g/mol. The van der Waals surface area contributed by atoms with E-state index in [4.69, 9.17) is 0 Å². The summed E-state index contributed by atoms with van der Waals surface area (Å²) in [6.45, 7) is 2.29. The fraction of sp³-hybridized carbons (Fsp3) is 0.571. The Balaban J connectivity index is 1.83. The van der Waals surface area contributed by atoms with Crippen LogP contribution < -0.4 is 10.2 Å². The van der Waals surface area contributed by atoms with Crippen molar-refractivity contribution in [2.24, 2.45) is 0 Å². The fourth-order valence-corrected chi connectivity index (χ4v) is 3.20. The lowest BCUT2D eigenvalue weighted by molar-refractivity contribution is 0.284. The Bertz CT molecular complexity index is 334. The quantitative estimate of drug-likeness (QED) is 0.775. The lowest BCUT2D eigenvalue weighted by Gasteiger charge is -2.46. The second-order valence-electron chi connectivity index (χ2n) is 4.94. The molecule has 1 aliphatic heterocycles. The van der Waals surface area contributed by atoms with Gasteiger partial charge in [-0.2, -0.15) is 0 Å². The maximum atomic E-state index is 3.68. The molecule has 0 bridgehead atoms. The van der Waals surface area contributed by atoms with Gasteiger partial charge in [0.25, 0.3) is 0 Å². The van der Waals surface area contributed by atoms with E-state index in [2.05, 4.69) is 40.5 Å². The number of fused-ring (bicyclic) bond motifs is 1. The third-order valence-electron chi connectivity index (χ3n) is 3.98. The van der Waals surface area contributed by atoms with Crippen LogP contribution in [-0.2, 0) is 0 Å². The van der Waals surface area contributed by atoms with Crippen molar-refractivity contribution in [2.45, 2.75) is 37.8 Å². The summed E-state index contributed by atoms with van der Waals surface area (Å²) in [7, 11) is 0. The summed E-state index contributed by atoms with van der Waals surface area (Å²) in [6, 6.07) is 12.3. The monoisotopic (exact) mass is 216 g/mol. The minimum absolute atomic E-state index is 0.725. The molecule has 1 saturated carbocycles. The smallest absolute Gasteiger partial charge is 0.0443 e. The molecule has 2 heteroatoms. The number of rotatable bonds is 1. The molecule has 0 spiro atoms. The first-order valence-electron chi connectivity index (χ1n) is 6.50. The molecule has 0 radical (unpaired) electrons. The summed E-state index contributed by atoms with van der Waals surface area (Å²) in [4.78, 5) is 2.61. The number of nitrogens with one attached hydrogen (secondary N) is 1. The number of hydrogen-bond donors (Lipinski definition) is 1. The van der Waals surface area contributed by atoms with Crippen LogP contribution in [0.5, 0.6) is 0 Å². The van der Waals surface area contributed by atoms with E-state index in [-0.39, 0.29) is 0 Å². The van der Waals surface area contributed by atoms with Crippen molar-refractivity contribution in [3.05, 3.63) is 30.3 Å². The Morgan fingerprint density at radius 3 is 2.75 bits per heavy atom. The molecule has 2 unspecified atom stereocenters. The van der Waals surface area contributed by atoms with Gasteiger partial charge in [-0.05, 0) is 25.0 Å². The van der Waals surface area contributed by atoms with Gasteiger partial charge in [0.2, 0.25) is 0 Å². The summed E-state index contributed by atoms with van der Waals surface area (Å²) in [5, 5.41) is 3.68. The van der Waals surface area contributed by atoms with E-state index >= 15 is 0 Å². The number of benzene rings is 1. The van der Waals surface area contributed by atoms with Crippen LogP contribution in [0, 0.1) is 0 Å². The van der Waals surface area contributed by atoms with Crippen molar-refractivity contribution in [2.75, 3.05) is 18.0 Å². The second kappa shape index (κ2) is 4.46. The topological polar surface area (TPSA) is 15.3 Å². The minimum atomic E-state index is 0.725. The molecule has 16 heavy (non-hydrogen) atoms. The third-order valence-corrected chi connectivity index (χ3v) is 3.98. The first kappa shape index (κ1) is 10.2. The third kappa shape index (κ3) is 1.82. The summed E-state index contributed by atoms with van der Waals surface area (Å²) < 4.78 is 0. The Morgan fingerprint density at radius 2 is 1.88 bits per heavy atom. The molecule has 1 N–H and O–H groups in total. The van der Waals surface area contributed by atoms with Gasteiger partial charge in [-0.25, -0.2) is 0 Å². The lowest BCUT2D eigenvalue weighted by Crippen LogP contribution is -2.59. The summed E-state index contributed by atoms with van der Waals surface area (Å²) in [6.07, 6.45) is 5.50. The normalized spacial score (nSPS) is 29.9. The number of nitrogens with zero attached hydrogens (tertiary/aromatic N) is 1. The molecule has 1 aromatic rings. The molecule has 2 atom stereocenters. The fourth-order valence-electron chi connectivity index (χ4n) is 3.20. The van der Waals surface area contributed by atoms with E-state index < -0.39 is 0 Å². The van der Waals surface area contributed by atoms with Gasteiger partial charge in [-0.3, -0.25) is 0 Å². The molecule has 1 heterocycles. The van der Waals surface area contributed by atoms with Crippen LogP contribution in [-0.4, -0.2) is 25.2 Å². The number of para-hydroxylation sites is 1.